The quantitative estimate of drug-likeness (QED) is 0.850. The summed E-state index contributed by atoms with van der Waals surface area (Å²) in [4.78, 5) is 10.1. The highest BCUT2D eigenvalue weighted by Crippen LogP contribution is 2.33. The average molecular weight is 265 g/mol. The Kier molecular flexibility index (Phi) is 3.26. The molecule has 1 aromatic rings. The molecule has 2 saturated heterocycles. The fraction of sp³-hybridized carbons (Fsp3) is 0.692. The van der Waals surface area contributed by atoms with Gasteiger partial charge in [-0.25, -0.2) is 9.37 Å². The van der Waals surface area contributed by atoms with Gasteiger partial charge in [0.05, 0.1) is 6.20 Å². The molecule has 2 fully saturated rings. The maximum atomic E-state index is 13.6. The third kappa shape index (κ3) is 2.49. The number of rotatable bonds is 2. The van der Waals surface area contributed by atoms with Crippen LogP contribution in [0.1, 0.15) is 32.1 Å². The van der Waals surface area contributed by atoms with Gasteiger partial charge in [-0.05, 0) is 32.7 Å². The summed E-state index contributed by atoms with van der Waals surface area (Å²) in [5.41, 5.74) is 5.51. The Labute approximate surface area is 112 Å². The molecule has 0 aliphatic carbocycles. The number of nitrogens with one attached hydrogen (secondary N) is 1. The normalized spacial score (nSPS) is 31.2. The molecule has 2 atom stereocenters. The number of halogens is 1. The molecule has 3 heterocycles. The molecule has 6 heteroatoms. The molecule has 19 heavy (non-hydrogen) atoms. The third-order valence-electron chi connectivity index (χ3n) is 4.44. The number of fused-ring (bicyclic) bond motifs is 2. The van der Waals surface area contributed by atoms with Crippen LogP contribution in [-0.2, 0) is 0 Å². The lowest BCUT2D eigenvalue weighted by molar-refractivity contribution is 0.0607. The van der Waals surface area contributed by atoms with E-state index in [1.54, 1.807) is 0 Å². The monoisotopic (exact) mass is 265 g/mol. The molecule has 2 aliphatic rings. The van der Waals surface area contributed by atoms with E-state index in [1.165, 1.54) is 19.3 Å². The second-order valence-corrected chi connectivity index (χ2v) is 5.64. The highest BCUT2D eigenvalue weighted by molar-refractivity contribution is 5.40. The summed E-state index contributed by atoms with van der Waals surface area (Å²) in [6.45, 7) is 0. The minimum Gasteiger partial charge on any atom is -0.368 e. The number of hydrogen-bond acceptors (Lipinski definition) is 5. The van der Waals surface area contributed by atoms with E-state index in [9.17, 15) is 4.39 Å². The lowest BCUT2D eigenvalue weighted by Crippen LogP contribution is -2.52. The molecule has 0 aromatic carbocycles. The molecule has 2 unspecified atom stereocenters. The molecule has 104 valence electrons. The standard InChI is InChI=1S/C13H20FN5/c1-19-9-3-2-4-10(19)6-8(5-9)17-12-11(14)7-16-13(15)18-12/h7-10H,2-6H2,1H3,(H3,15,16,17,18). The Morgan fingerprint density at radius 2 is 2.05 bits per heavy atom. The van der Waals surface area contributed by atoms with Crippen molar-refractivity contribution < 1.29 is 4.39 Å². The summed E-state index contributed by atoms with van der Waals surface area (Å²) < 4.78 is 13.6. The largest absolute Gasteiger partial charge is 0.368 e. The molecule has 3 rings (SSSR count). The molecule has 0 saturated carbocycles. The first-order valence-corrected chi connectivity index (χ1v) is 6.90. The van der Waals surface area contributed by atoms with Crippen molar-refractivity contribution in [2.45, 2.75) is 50.2 Å². The van der Waals surface area contributed by atoms with Crippen LogP contribution < -0.4 is 11.1 Å². The molecule has 2 bridgehead atoms. The van der Waals surface area contributed by atoms with Crippen molar-refractivity contribution in [1.82, 2.24) is 14.9 Å². The molecular formula is C13H20FN5. The van der Waals surface area contributed by atoms with Gasteiger partial charge in [0.1, 0.15) is 0 Å². The van der Waals surface area contributed by atoms with Gasteiger partial charge in [0.25, 0.3) is 0 Å². The van der Waals surface area contributed by atoms with Crippen LogP contribution in [0.25, 0.3) is 0 Å². The highest BCUT2D eigenvalue weighted by atomic mass is 19.1. The molecule has 0 radical (unpaired) electrons. The van der Waals surface area contributed by atoms with Gasteiger partial charge in [-0.2, -0.15) is 4.98 Å². The van der Waals surface area contributed by atoms with E-state index in [1.807, 2.05) is 0 Å². The van der Waals surface area contributed by atoms with Crippen LogP contribution in [0, 0.1) is 5.82 Å². The van der Waals surface area contributed by atoms with E-state index in [2.05, 4.69) is 27.2 Å². The molecule has 5 nitrogen and oxygen atoms in total. The predicted octanol–water partition coefficient (Wildman–Crippen LogP) is 1.63. The zero-order valence-electron chi connectivity index (χ0n) is 11.1. The SMILES string of the molecule is CN1C2CCCC1CC(Nc1nc(N)ncc1F)C2. The van der Waals surface area contributed by atoms with Gasteiger partial charge in [0.2, 0.25) is 5.95 Å². The lowest BCUT2D eigenvalue weighted by Gasteiger charge is -2.47. The van der Waals surface area contributed by atoms with Gasteiger partial charge in [0.15, 0.2) is 11.6 Å². The summed E-state index contributed by atoms with van der Waals surface area (Å²) in [5, 5.41) is 3.21. The Hall–Kier alpha value is -1.43. The second kappa shape index (κ2) is 4.92. The van der Waals surface area contributed by atoms with Crippen molar-refractivity contribution in [3.8, 4) is 0 Å². The molecule has 0 spiro atoms. The third-order valence-corrected chi connectivity index (χ3v) is 4.44. The zero-order chi connectivity index (χ0) is 13.4. The maximum absolute atomic E-state index is 13.6. The second-order valence-electron chi connectivity index (χ2n) is 5.64. The Morgan fingerprint density at radius 1 is 1.37 bits per heavy atom. The van der Waals surface area contributed by atoms with Crippen LogP contribution in [0.4, 0.5) is 16.2 Å². The van der Waals surface area contributed by atoms with Gasteiger partial charge in [-0.1, -0.05) is 6.42 Å². The van der Waals surface area contributed by atoms with Crippen molar-refractivity contribution in [2.24, 2.45) is 0 Å². The van der Waals surface area contributed by atoms with Crippen LogP contribution >= 0.6 is 0 Å². The number of nitrogen functional groups attached to an aromatic ring is 1. The minimum absolute atomic E-state index is 0.108. The van der Waals surface area contributed by atoms with Crippen molar-refractivity contribution in [3.05, 3.63) is 12.0 Å². The smallest absolute Gasteiger partial charge is 0.222 e. The molecular weight excluding hydrogens is 245 g/mol. The van der Waals surface area contributed by atoms with Crippen molar-refractivity contribution >= 4 is 11.8 Å². The van der Waals surface area contributed by atoms with Gasteiger partial charge in [0, 0.05) is 18.1 Å². The van der Waals surface area contributed by atoms with Crippen LogP contribution in [-0.4, -0.2) is 40.0 Å². The fourth-order valence-corrected chi connectivity index (χ4v) is 3.41. The van der Waals surface area contributed by atoms with E-state index >= 15 is 0 Å². The van der Waals surface area contributed by atoms with Gasteiger partial charge in [-0.15, -0.1) is 0 Å². The van der Waals surface area contributed by atoms with Crippen LogP contribution in [0.15, 0.2) is 6.20 Å². The van der Waals surface area contributed by atoms with Crippen molar-refractivity contribution in [1.29, 1.82) is 0 Å². The van der Waals surface area contributed by atoms with Crippen molar-refractivity contribution in [3.63, 3.8) is 0 Å². The zero-order valence-corrected chi connectivity index (χ0v) is 11.1. The van der Waals surface area contributed by atoms with Gasteiger partial charge in [-0.3, -0.25) is 0 Å². The number of anilines is 2. The first-order chi connectivity index (χ1) is 9.13. The summed E-state index contributed by atoms with van der Waals surface area (Å²) in [6, 6.07) is 1.48. The first kappa shape index (κ1) is 12.6. The molecule has 2 aliphatic heterocycles. The molecule has 3 N–H and O–H groups in total. The Bertz CT molecular complexity index is 452. The summed E-state index contributed by atoms with van der Waals surface area (Å²) in [5.74, 6) is -0.0876. The first-order valence-electron chi connectivity index (χ1n) is 6.90. The van der Waals surface area contributed by atoms with E-state index in [4.69, 9.17) is 5.73 Å². The van der Waals surface area contributed by atoms with Crippen LogP contribution in [0.5, 0.6) is 0 Å². The summed E-state index contributed by atoms with van der Waals surface area (Å²) >= 11 is 0. The summed E-state index contributed by atoms with van der Waals surface area (Å²) in [6.07, 6.45) is 6.98. The fourth-order valence-electron chi connectivity index (χ4n) is 3.41. The van der Waals surface area contributed by atoms with Gasteiger partial charge >= 0.3 is 0 Å². The van der Waals surface area contributed by atoms with Crippen LogP contribution in [0.3, 0.4) is 0 Å². The topological polar surface area (TPSA) is 67.1 Å². The summed E-state index contributed by atoms with van der Waals surface area (Å²) in [7, 11) is 2.20. The predicted molar refractivity (Wildman–Crippen MR) is 72.2 cm³/mol. The van der Waals surface area contributed by atoms with Crippen molar-refractivity contribution in [2.75, 3.05) is 18.1 Å². The number of nitrogens with zero attached hydrogens (tertiary/aromatic N) is 3. The Balaban J connectivity index is 1.72. The molecule has 0 amide bonds. The van der Waals surface area contributed by atoms with Crippen LogP contribution in [0.2, 0.25) is 0 Å². The lowest BCUT2D eigenvalue weighted by atomic mass is 9.82. The van der Waals surface area contributed by atoms with Gasteiger partial charge < -0.3 is 16.0 Å². The van der Waals surface area contributed by atoms with E-state index in [-0.39, 0.29) is 17.8 Å². The highest BCUT2D eigenvalue weighted by Gasteiger charge is 2.36. The number of piperidine rings is 2. The maximum Gasteiger partial charge on any atom is 0.222 e. The number of hydrogen-bond donors (Lipinski definition) is 2. The molecule has 1 aromatic heterocycles. The average Bonchev–Trinajstić information content (AvgIpc) is 2.35. The van der Waals surface area contributed by atoms with E-state index < -0.39 is 5.82 Å². The van der Waals surface area contributed by atoms with E-state index in [0.29, 0.717) is 12.1 Å². The Morgan fingerprint density at radius 3 is 2.74 bits per heavy atom. The number of aromatic nitrogens is 2. The minimum atomic E-state index is -0.432. The van der Waals surface area contributed by atoms with E-state index in [0.717, 1.165) is 19.0 Å². The number of nitrogens with two attached hydrogens (primary N) is 1.